The topological polar surface area (TPSA) is 123 Å². The molecule has 1 atom stereocenters. The Balaban J connectivity index is 1.64. The fourth-order valence-electron chi connectivity index (χ4n) is 2.23. The van der Waals surface area contributed by atoms with E-state index in [0.29, 0.717) is 10.9 Å². The Hall–Kier alpha value is -2.62. The Morgan fingerprint density at radius 2 is 2.28 bits per heavy atom. The number of benzene rings is 1. The molecule has 10 heteroatoms. The summed E-state index contributed by atoms with van der Waals surface area (Å²) in [5, 5.41) is 16.2. The van der Waals surface area contributed by atoms with E-state index in [0.717, 1.165) is 12.8 Å². The number of rotatable bonds is 6. The van der Waals surface area contributed by atoms with Gasteiger partial charge in [0.1, 0.15) is 16.7 Å². The lowest BCUT2D eigenvalue weighted by atomic mass is 10.2. The van der Waals surface area contributed by atoms with E-state index in [2.05, 4.69) is 15.6 Å². The highest BCUT2D eigenvalue weighted by Crippen LogP contribution is 2.31. The summed E-state index contributed by atoms with van der Waals surface area (Å²) in [7, 11) is 1.40. The van der Waals surface area contributed by atoms with Gasteiger partial charge in [0.25, 0.3) is 5.69 Å². The number of methoxy groups -OCH3 is 1. The number of nitrogens with one attached hydrogen (secondary N) is 2. The molecule has 2 fully saturated rings. The number of ether oxygens (including phenoxy) is 1. The van der Waals surface area contributed by atoms with Crippen LogP contribution < -0.4 is 15.4 Å². The lowest BCUT2D eigenvalue weighted by Gasteiger charge is -2.09. The summed E-state index contributed by atoms with van der Waals surface area (Å²) < 4.78 is 4.95. The number of nitro groups is 1. The Morgan fingerprint density at radius 3 is 2.92 bits per heavy atom. The van der Waals surface area contributed by atoms with Gasteiger partial charge in [-0.1, -0.05) is 11.8 Å². The number of hydrogen-bond donors (Lipinski definition) is 2. The Morgan fingerprint density at radius 1 is 1.52 bits per heavy atom. The third-order valence-electron chi connectivity index (χ3n) is 3.67. The van der Waals surface area contributed by atoms with E-state index in [9.17, 15) is 19.7 Å². The maximum absolute atomic E-state index is 12.2. The highest BCUT2D eigenvalue weighted by molar-refractivity contribution is 8.15. The van der Waals surface area contributed by atoms with Crippen LogP contribution in [0.5, 0.6) is 5.75 Å². The van der Waals surface area contributed by atoms with Crippen molar-refractivity contribution >= 4 is 40.1 Å². The first-order valence-electron chi connectivity index (χ1n) is 7.64. The summed E-state index contributed by atoms with van der Waals surface area (Å²) in [6, 6.07) is 4.42. The van der Waals surface area contributed by atoms with Crippen LogP contribution in [0.3, 0.4) is 0 Å². The third-order valence-corrected chi connectivity index (χ3v) is 4.77. The van der Waals surface area contributed by atoms with Gasteiger partial charge >= 0.3 is 0 Å². The molecule has 132 valence electrons. The van der Waals surface area contributed by atoms with E-state index in [4.69, 9.17) is 4.74 Å². The minimum atomic E-state index is -0.602. The largest absolute Gasteiger partial charge is 0.496 e. The van der Waals surface area contributed by atoms with Crippen molar-refractivity contribution < 1.29 is 19.2 Å². The van der Waals surface area contributed by atoms with Crippen LogP contribution in [0.2, 0.25) is 0 Å². The maximum Gasteiger partial charge on any atom is 0.296 e. The quantitative estimate of drug-likeness (QED) is 0.585. The molecule has 0 spiro atoms. The molecule has 0 radical (unpaired) electrons. The average molecular weight is 364 g/mol. The molecule has 0 unspecified atom stereocenters. The van der Waals surface area contributed by atoms with E-state index in [1.807, 2.05) is 0 Å². The number of aliphatic imine (C=N–C) groups is 1. The Labute approximate surface area is 147 Å². The number of hydrogen-bond acceptors (Lipinski definition) is 7. The number of nitro benzene ring substituents is 1. The summed E-state index contributed by atoms with van der Waals surface area (Å²) in [6.45, 7) is 0. The molecule has 0 aromatic heterocycles. The van der Waals surface area contributed by atoms with Crippen LogP contribution in [0.25, 0.3) is 0 Å². The van der Waals surface area contributed by atoms with Gasteiger partial charge in [-0.3, -0.25) is 24.7 Å². The van der Waals surface area contributed by atoms with Crippen LogP contribution in [0, 0.1) is 10.1 Å². The molecule has 3 rings (SSSR count). The average Bonchev–Trinajstić information content (AvgIpc) is 3.31. The fraction of sp³-hybridized carbons (Fsp3) is 0.400. The summed E-state index contributed by atoms with van der Waals surface area (Å²) in [5.41, 5.74) is -0.210. The highest BCUT2D eigenvalue weighted by Gasteiger charge is 2.34. The van der Waals surface area contributed by atoms with Crippen LogP contribution in [-0.4, -0.2) is 40.3 Å². The second-order valence-electron chi connectivity index (χ2n) is 5.65. The predicted octanol–water partition coefficient (Wildman–Crippen LogP) is 1.68. The van der Waals surface area contributed by atoms with Gasteiger partial charge in [-0.15, -0.1) is 0 Å². The minimum absolute atomic E-state index is 0.0612. The monoisotopic (exact) mass is 364 g/mol. The number of amides is 2. The van der Waals surface area contributed by atoms with E-state index in [-0.39, 0.29) is 29.7 Å². The zero-order chi connectivity index (χ0) is 18.0. The van der Waals surface area contributed by atoms with Crippen molar-refractivity contribution in [3.05, 3.63) is 28.3 Å². The summed E-state index contributed by atoms with van der Waals surface area (Å²) >= 11 is 1.22. The summed E-state index contributed by atoms with van der Waals surface area (Å²) in [5.74, 6) is -0.436. The minimum Gasteiger partial charge on any atom is -0.496 e. The molecular formula is C15H16N4O5S. The third kappa shape index (κ3) is 4.27. The standard InChI is InChI=1S/C15H16N4O5S/c1-24-9-4-5-10(11(6-9)19(22)23)17-13(20)7-12-14(21)18-15(25-12)16-8-2-3-8/h4-6,8,12H,2-3,7H2,1H3,(H,17,20)(H,16,18,21)/t12-/m1/s1. The number of anilines is 1. The van der Waals surface area contributed by atoms with Crippen molar-refractivity contribution in [2.75, 3.05) is 12.4 Å². The van der Waals surface area contributed by atoms with Crippen molar-refractivity contribution in [3.63, 3.8) is 0 Å². The van der Waals surface area contributed by atoms with Crippen LogP contribution in [0.4, 0.5) is 11.4 Å². The van der Waals surface area contributed by atoms with Crippen molar-refractivity contribution in [1.29, 1.82) is 0 Å². The molecule has 2 amide bonds. The first-order chi connectivity index (χ1) is 12.0. The Kier molecular flexibility index (Phi) is 4.88. The van der Waals surface area contributed by atoms with Gasteiger partial charge < -0.3 is 15.4 Å². The van der Waals surface area contributed by atoms with E-state index < -0.39 is 16.1 Å². The van der Waals surface area contributed by atoms with Gasteiger partial charge in [0, 0.05) is 6.42 Å². The van der Waals surface area contributed by atoms with E-state index >= 15 is 0 Å². The molecule has 9 nitrogen and oxygen atoms in total. The number of thioether (sulfide) groups is 1. The normalized spacial score (nSPS) is 21.1. The first-order valence-corrected chi connectivity index (χ1v) is 8.52. The lowest BCUT2D eigenvalue weighted by molar-refractivity contribution is -0.384. The molecule has 1 saturated carbocycles. The molecule has 1 aliphatic carbocycles. The number of amidine groups is 1. The van der Waals surface area contributed by atoms with Gasteiger partial charge in [0.05, 0.1) is 24.1 Å². The van der Waals surface area contributed by atoms with Gasteiger partial charge in [0.15, 0.2) is 5.17 Å². The van der Waals surface area contributed by atoms with Gasteiger partial charge in [-0.25, -0.2) is 0 Å². The van der Waals surface area contributed by atoms with Crippen molar-refractivity contribution in [1.82, 2.24) is 5.32 Å². The molecule has 1 saturated heterocycles. The predicted molar refractivity (Wildman–Crippen MR) is 92.9 cm³/mol. The van der Waals surface area contributed by atoms with Crippen LogP contribution in [0.15, 0.2) is 23.2 Å². The molecule has 2 aliphatic rings. The zero-order valence-electron chi connectivity index (χ0n) is 13.4. The molecule has 1 aliphatic heterocycles. The second-order valence-corrected chi connectivity index (χ2v) is 6.85. The molecule has 1 heterocycles. The molecule has 25 heavy (non-hydrogen) atoms. The van der Waals surface area contributed by atoms with Crippen molar-refractivity contribution in [2.45, 2.75) is 30.6 Å². The van der Waals surface area contributed by atoms with Gasteiger partial charge in [0.2, 0.25) is 11.8 Å². The SMILES string of the molecule is COc1ccc(NC(=O)C[C@H]2SC(=NC3CC3)NC2=O)c([N+](=O)[O-])c1. The number of carbonyl (C=O) groups excluding carboxylic acids is 2. The van der Waals surface area contributed by atoms with Gasteiger partial charge in [-0.2, -0.15) is 0 Å². The van der Waals surface area contributed by atoms with E-state index in [1.54, 1.807) is 0 Å². The highest BCUT2D eigenvalue weighted by atomic mass is 32.2. The summed E-state index contributed by atoms with van der Waals surface area (Å²) in [6.07, 6.45) is 1.95. The summed E-state index contributed by atoms with van der Waals surface area (Å²) in [4.78, 5) is 39.0. The molecular weight excluding hydrogens is 348 g/mol. The number of nitrogens with zero attached hydrogens (tertiary/aromatic N) is 2. The molecule has 1 aromatic carbocycles. The number of carbonyl (C=O) groups is 2. The second kappa shape index (κ2) is 7.09. The maximum atomic E-state index is 12.2. The van der Waals surface area contributed by atoms with Crippen molar-refractivity contribution in [2.24, 2.45) is 4.99 Å². The van der Waals surface area contributed by atoms with Gasteiger partial charge in [-0.05, 0) is 25.0 Å². The van der Waals surface area contributed by atoms with E-state index in [1.165, 1.54) is 37.1 Å². The Bertz CT molecular complexity index is 762. The molecule has 0 bridgehead atoms. The first kappa shape index (κ1) is 17.2. The molecule has 1 aromatic rings. The van der Waals surface area contributed by atoms with Crippen LogP contribution >= 0.6 is 11.8 Å². The van der Waals surface area contributed by atoms with Crippen LogP contribution in [0.1, 0.15) is 19.3 Å². The van der Waals surface area contributed by atoms with Crippen molar-refractivity contribution in [3.8, 4) is 5.75 Å². The zero-order valence-corrected chi connectivity index (χ0v) is 14.2. The molecule has 2 N–H and O–H groups in total. The van der Waals surface area contributed by atoms with Crippen LogP contribution in [-0.2, 0) is 9.59 Å². The fourth-order valence-corrected chi connectivity index (χ4v) is 3.27. The lowest BCUT2D eigenvalue weighted by Crippen LogP contribution is -2.28. The smallest absolute Gasteiger partial charge is 0.296 e.